The number of anilines is 1. The number of carbonyl (C=O) groups is 2. The van der Waals surface area contributed by atoms with E-state index >= 15 is 0 Å². The van der Waals surface area contributed by atoms with Crippen molar-refractivity contribution in [3.8, 4) is 0 Å². The maximum Gasteiger partial charge on any atom is 0.303 e. The highest BCUT2D eigenvalue weighted by atomic mass is 32.2. The average Bonchev–Trinajstić information content (AvgIpc) is 2.61. The molecule has 0 bridgehead atoms. The number of nitrogens with two attached hydrogens (primary N) is 1. The van der Waals surface area contributed by atoms with E-state index < -0.39 is 56.7 Å². The van der Waals surface area contributed by atoms with E-state index in [1.807, 2.05) is 20.8 Å². The van der Waals surface area contributed by atoms with Crippen LogP contribution in [-0.2, 0) is 39.9 Å². The summed E-state index contributed by atoms with van der Waals surface area (Å²) in [5.41, 5.74) is 4.62. The lowest BCUT2D eigenvalue weighted by Gasteiger charge is -2.20. The highest BCUT2D eigenvalue weighted by Gasteiger charge is 2.23. The number of aliphatic carboxylic acids is 1. The molecule has 17 heteroatoms. The zero-order valence-electron chi connectivity index (χ0n) is 18.6. The van der Waals surface area contributed by atoms with Crippen LogP contribution in [-0.4, -0.2) is 61.4 Å². The summed E-state index contributed by atoms with van der Waals surface area (Å²) in [6, 6.07) is 2.78. The minimum absolute atomic E-state index is 0.0482. The molecule has 0 heterocycles. The van der Waals surface area contributed by atoms with E-state index in [4.69, 9.17) is 19.9 Å². The Kier molecular flexibility index (Phi) is 8.99. The van der Waals surface area contributed by atoms with Crippen LogP contribution in [0, 0.1) is 0 Å². The van der Waals surface area contributed by atoms with E-state index in [-0.39, 0.29) is 35.1 Å². The van der Waals surface area contributed by atoms with Gasteiger partial charge in [-0.1, -0.05) is 0 Å². The first-order chi connectivity index (χ1) is 15.5. The molecule has 2 rings (SSSR count). The van der Waals surface area contributed by atoms with Crippen LogP contribution >= 0.6 is 0 Å². The van der Waals surface area contributed by atoms with Gasteiger partial charge in [-0.2, -0.15) is 25.3 Å². The average molecular weight is 557 g/mol. The first-order valence-corrected chi connectivity index (χ1v) is 13.7. The molecule has 7 N–H and O–H groups in total. The van der Waals surface area contributed by atoms with Crippen molar-refractivity contribution in [2.45, 2.75) is 53.8 Å². The van der Waals surface area contributed by atoms with Crippen LogP contribution < -0.4 is 11.1 Å². The summed E-state index contributed by atoms with van der Waals surface area (Å²) in [4.78, 5) is 18.5. The van der Waals surface area contributed by atoms with Gasteiger partial charge in [0.1, 0.15) is 9.79 Å². The van der Waals surface area contributed by atoms with Crippen LogP contribution in [0.1, 0.15) is 33.6 Å². The maximum atomic E-state index is 11.4. The largest absolute Gasteiger partial charge is 0.481 e. The van der Waals surface area contributed by atoms with Gasteiger partial charge in [0.05, 0.1) is 17.0 Å². The fourth-order valence-electron chi connectivity index (χ4n) is 2.63. The van der Waals surface area contributed by atoms with Gasteiger partial charge in [-0.15, -0.1) is 0 Å². The molecule has 1 amide bonds. The van der Waals surface area contributed by atoms with Crippen molar-refractivity contribution in [2.75, 3.05) is 5.73 Å². The molecule has 0 radical (unpaired) electrons. The molecular formula is C18H24N2O12S3. The van der Waals surface area contributed by atoms with E-state index in [1.165, 1.54) is 0 Å². The van der Waals surface area contributed by atoms with Gasteiger partial charge in [0.25, 0.3) is 30.4 Å². The van der Waals surface area contributed by atoms with Gasteiger partial charge in [0.2, 0.25) is 5.91 Å². The number of hydrogen-bond acceptors (Lipinski definition) is 9. The number of carbonyl (C=O) groups excluding carboxylic acids is 1. The molecule has 196 valence electrons. The van der Waals surface area contributed by atoms with Crippen molar-refractivity contribution >= 4 is 58.7 Å². The van der Waals surface area contributed by atoms with Crippen molar-refractivity contribution in [1.29, 1.82) is 0 Å². The minimum Gasteiger partial charge on any atom is -0.481 e. The van der Waals surface area contributed by atoms with E-state index in [2.05, 4.69) is 5.32 Å². The van der Waals surface area contributed by atoms with Crippen LogP contribution in [0.2, 0.25) is 0 Å². The molecule has 0 aliphatic rings. The van der Waals surface area contributed by atoms with E-state index in [0.29, 0.717) is 12.1 Å². The fraction of sp³-hybridized carbons (Fsp3) is 0.333. The predicted octanol–water partition coefficient (Wildman–Crippen LogP) is 0.928. The fourth-order valence-corrected chi connectivity index (χ4v) is 4.61. The number of nitrogen functional groups attached to an aromatic ring is 1. The number of amides is 1. The molecular weight excluding hydrogens is 532 g/mol. The molecule has 0 saturated carbocycles. The van der Waals surface area contributed by atoms with Crippen LogP contribution in [0.3, 0.4) is 0 Å². The third kappa shape index (κ3) is 9.38. The Bertz CT molecular complexity index is 1470. The highest BCUT2D eigenvalue weighted by molar-refractivity contribution is 7.87. The van der Waals surface area contributed by atoms with Crippen LogP contribution in [0.25, 0.3) is 10.8 Å². The van der Waals surface area contributed by atoms with Gasteiger partial charge in [-0.05, 0) is 50.4 Å². The number of fused-ring (bicyclic) bond motifs is 1. The first kappa shape index (κ1) is 30.2. The summed E-state index contributed by atoms with van der Waals surface area (Å²) in [6.07, 6.45) is -0.0610. The zero-order valence-corrected chi connectivity index (χ0v) is 21.0. The molecule has 0 saturated heterocycles. The maximum absolute atomic E-state index is 11.4. The van der Waals surface area contributed by atoms with E-state index in [1.54, 1.807) is 0 Å². The third-order valence-corrected chi connectivity index (χ3v) is 6.59. The third-order valence-electron chi connectivity index (χ3n) is 3.95. The second kappa shape index (κ2) is 10.4. The van der Waals surface area contributed by atoms with Crippen molar-refractivity contribution in [2.24, 2.45) is 0 Å². The lowest BCUT2D eigenvalue weighted by atomic mass is 10.1. The SMILES string of the molecule is CC(C)(C)NC(=O)CCC(=O)O.Nc1cc2c(S(=O)(=O)O)cc(S(=O)(=O)O)cc2cc1S(=O)(=O)O. The summed E-state index contributed by atoms with van der Waals surface area (Å²) in [5.74, 6) is -1.16. The Labute approximate surface area is 201 Å². The van der Waals surface area contributed by atoms with Gasteiger partial charge in [-0.25, -0.2) is 0 Å². The zero-order chi connectivity index (χ0) is 27.6. The van der Waals surface area contributed by atoms with Crippen LogP contribution in [0.4, 0.5) is 5.69 Å². The quantitative estimate of drug-likeness (QED) is 0.214. The van der Waals surface area contributed by atoms with E-state index in [0.717, 1.165) is 12.1 Å². The normalized spacial score (nSPS) is 12.5. The molecule has 0 unspecified atom stereocenters. The van der Waals surface area contributed by atoms with Gasteiger partial charge in [0.15, 0.2) is 0 Å². The molecule has 0 aliphatic carbocycles. The number of carboxylic acid groups (broad SMARTS) is 1. The lowest BCUT2D eigenvalue weighted by molar-refractivity contribution is -0.139. The van der Waals surface area contributed by atoms with Crippen molar-refractivity contribution in [1.82, 2.24) is 5.32 Å². The summed E-state index contributed by atoms with van der Waals surface area (Å²) in [7, 11) is -14.5. The Hall–Kier alpha value is -2.83. The summed E-state index contributed by atoms with van der Waals surface area (Å²) in [6.45, 7) is 5.56. The molecule has 35 heavy (non-hydrogen) atoms. The van der Waals surface area contributed by atoms with Gasteiger partial charge >= 0.3 is 5.97 Å². The Morgan fingerprint density at radius 2 is 1.34 bits per heavy atom. The molecule has 14 nitrogen and oxygen atoms in total. The number of nitrogens with one attached hydrogen (secondary N) is 1. The summed E-state index contributed by atoms with van der Waals surface area (Å²) >= 11 is 0. The molecule has 0 spiro atoms. The Balaban J connectivity index is 0.000000434. The Morgan fingerprint density at radius 1 is 0.829 bits per heavy atom. The monoisotopic (exact) mass is 556 g/mol. The standard InChI is InChI=1S/C10H9NO9S3.C8H15NO3/c11-8-4-7-5(2-10(8)23(18,19)20)1-6(21(12,13)14)3-9(7)22(15,16)17;1-8(2,3)9-6(10)4-5-7(11)12/h1-4H,11H2,(H,12,13,14)(H,15,16,17)(H,18,19,20);4-5H2,1-3H3,(H,9,10)(H,11,12). The smallest absolute Gasteiger partial charge is 0.303 e. The second-order valence-corrected chi connectivity index (χ2v) is 12.4. The number of hydrogen-bond donors (Lipinski definition) is 6. The topological polar surface area (TPSA) is 256 Å². The summed E-state index contributed by atoms with van der Waals surface area (Å²) < 4.78 is 94.8. The molecule has 0 aliphatic heterocycles. The van der Waals surface area contributed by atoms with Crippen LogP contribution in [0.15, 0.2) is 39.0 Å². The number of benzene rings is 2. The van der Waals surface area contributed by atoms with Crippen LogP contribution in [0.5, 0.6) is 0 Å². The first-order valence-electron chi connectivity index (χ1n) is 9.35. The summed E-state index contributed by atoms with van der Waals surface area (Å²) in [5, 5.41) is 10.3. The minimum atomic E-state index is -4.92. The Morgan fingerprint density at radius 3 is 1.74 bits per heavy atom. The second-order valence-electron chi connectivity index (χ2n) is 8.15. The molecule has 0 aromatic heterocycles. The highest BCUT2D eigenvalue weighted by Crippen LogP contribution is 2.32. The van der Waals surface area contributed by atoms with Crippen molar-refractivity contribution in [3.05, 3.63) is 24.3 Å². The van der Waals surface area contributed by atoms with Gasteiger partial charge in [0, 0.05) is 17.3 Å². The number of carboxylic acids is 1. The molecule has 0 atom stereocenters. The molecule has 2 aromatic carbocycles. The predicted molar refractivity (Wildman–Crippen MR) is 123 cm³/mol. The van der Waals surface area contributed by atoms with Crippen molar-refractivity contribution in [3.63, 3.8) is 0 Å². The van der Waals surface area contributed by atoms with Crippen molar-refractivity contribution < 1.29 is 53.6 Å². The van der Waals surface area contributed by atoms with Gasteiger partial charge in [-0.3, -0.25) is 23.2 Å². The van der Waals surface area contributed by atoms with E-state index in [9.17, 15) is 39.4 Å². The van der Waals surface area contributed by atoms with Gasteiger partial charge < -0.3 is 16.2 Å². The lowest BCUT2D eigenvalue weighted by Crippen LogP contribution is -2.40. The molecule has 2 aromatic rings. The molecule has 0 fully saturated rings. The number of rotatable bonds is 6.